The Morgan fingerprint density at radius 1 is 1.07 bits per heavy atom. The first-order valence-corrected chi connectivity index (χ1v) is 11.1. The van der Waals surface area contributed by atoms with Crippen molar-refractivity contribution >= 4 is 21.6 Å². The number of nitrogens with one attached hydrogen (secondary N) is 1. The zero-order chi connectivity index (χ0) is 21.6. The van der Waals surface area contributed by atoms with Crippen LogP contribution in [0.15, 0.2) is 53.4 Å². The van der Waals surface area contributed by atoms with Crippen molar-refractivity contribution in [1.29, 1.82) is 0 Å². The fraction of sp³-hybridized carbons (Fsp3) is 0.409. The van der Waals surface area contributed by atoms with Gasteiger partial charge >= 0.3 is 0 Å². The van der Waals surface area contributed by atoms with Crippen LogP contribution in [0.2, 0.25) is 0 Å². The number of carbonyl (C=O) groups is 1. The summed E-state index contributed by atoms with van der Waals surface area (Å²) in [5, 5.41) is 2.94. The van der Waals surface area contributed by atoms with Crippen molar-refractivity contribution in [2.45, 2.75) is 44.6 Å². The van der Waals surface area contributed by atoms with E-state index in [1.165, 1.54) is 23.5 Å². The van der Waals surface area contributed by atoms with Crippen LogP contribution in [0.5, 0.6) is 5.75 Å². The third kappa shape index (κ3) is 5.97. The minimum atomic E-state index is -3.81. The second kappa shape index (κ2) is 9.78. The van der Waals surface area contributed by atoms with Crippen LogP contribution in [0.3, 0.4) is 0 Å². The van der Waals surface area contributed by atoms with E-state index in [1.54, 1.807) is 43.5 Å². The predicted octanol–water partition coefficient (Wildman–Crippen LogP) is 4.07. The molecule has 1 amide bonds. The summed E-state index contributed by atoms with van der Waals surface area (Å²) in [6.45, 7) is 6.24. The van der Waals surface area contributed by atoms with Crippen LogP contribution >= 0.6 is 0 Å². The molecule has 0 fully saturated rings. The zero-order valence-corrected chi connectivity index (χ0v) is 18.5. The van der Waals surface area contributed by atoms with Crippen LogP contribution in [0, 0.1) is 5.92 Å². The largest absolute Gasteiger partial charge is 0.497 e. The standard InChI is InChI=1S/C22H30N2O4S/c1-16(2)9-10-17(3)23-22(25)18-7-6-8-21(15-18)29(26,27)24(4)19-11-13-20(28-5)14-12-19/h6-8,11-17H,9-10H2,1-5H3,(H,23,25). The van der Waals surface area contributed by atoms with Gasteiger partial charge in [-0.25, -0.2) is 8.42 Å². The third-order valence-corrected chi connectivity index (χ3v) is 6.53. The molecule has 0 saturated heterocycles. The lowest BCUT2D eigenvalue weighted by Gasteiger charge is -2.20. The molecule has 7 heteroatoms. The van der Waals surface area contributed by atoms with Gasteiger partial charge in [0.2, 0.25) is 0 Å². The topological polar surface area (TPSA) is 75.7 Å². The van der Waals surface area contributed by atoms with E-state index in [2.05, 4.69) is 19.2 Å². The van der Waals surface area contributed by atoms with Crippen molar-refractivity contribution in [3.63, 3.8) is 0 Å². The first-order chi connectivity index (χ1) is 13.6. The first kappa shape index (κ1) is 22.7. The Balaban J connectivity index is 2.18. The third-order valence-electron chi connectivity index (χ3n) is 4.75. The van der Waals surface area contributed by atoms with E-state index < -0.39 is 10.0 Å². The number of hydrogen-bond acceptors (Lipinski definition) is 4. The first-order valence-electron chi connectivity index (χ1n) is 9.69. The number of ether oxygens (including phenoxy) is 1. The Kier molecular flexibility index (Phi) is 7.67. The van der Waals surface area contributed by atoms with Gasteiger partial charge in [0.05, 0.1) is 17.7 Å². The minimum absolute atomic E-state index is 0.0205. The molecular weight excluding hydrogens is 388 g/mol. The van der Waals surface area contributed by atoms with E-state index in [9.17, 15) is 13.2 Å². The summed E-state index contributed by atoms with van der Waals surface area (Å²) >= 11 is 0. The number of hydrogen-bond donors (Lipinski definition) is 1. The molecule has 0 aliphatic heterocycles. The Morgan fingerprint density at radius 2 is 1.72 bits per heavy atom. The summed E-state index contributed by atoms with van der Waals surface area (Å²) in [5.41, 5.74) is 0.827. The second-order valence-corrected chi connectivity index (χ2v) is 9.51. The molecule has 2 aromatic carbocycles. The van der Waals surface area contributed by atoms with E-state index in [0.29, 0.717) is 22.9 Å². The summed E-state index contributed by atoms with van der Waals surface area (Å²) in [4.78, 5) is 12.6. The molecular formula is C22H30N2O4S. The maximum absolute atomic E-state index is 13.0. The quantitative estimate of drug-likeness (QED) is 0.666. The molecule has 1 atom stereocenters. The Hall–Kier alpha value is -2.54. The number of nitrogens with zero attached hydrogens (tertiary/aromatic N) is 1. The predicted molar refractivity (Wildman–Crippen MR) is 116 cm³/mol. The van der Waals surface area contributed by atoms with Gasteiger partial charge in [-0.15, -0.1) is 0 Å². The summed E-state index contributed by atoms with van der Waals surface area (Å²) in [6, 6.07) is 12.9. The molecule has 0 radical (unpaired) electrons. The van der Waals surface area contributed by atoms with Gasteiger partial charge in [-0.05, 0) is 68.1 Å². The number of amides is 1. The highest BCUT2D eigenvalue weighted by Crippen LogP contribution is 2.24. The molecule has 2 rings (SSSR count). The van der Waals surface area contributed by atoms with E-state index in [4.69, 9.17) is 4.74 Å². The van der Waals surface area contributed by atoms with Gasteiger partial charge in [-0.3, -0.25) is 9.10 Å². The van der Waals surface area contributed by atoms with Gasteiger partial charge in [-0.1, -0.05) is 19.9 Å². The lowest BCUT2D eigenvalue weighted by atomic mass is 10.0. The molecule has 0 heterocycles. The highest BCUT2D eigenvalue weighted by atomic mass is 32.2. The molecule has 158 valence electrons. The second-order valence-electron chi connectivity index (χ2n) is 7.54. The molecule has 2 aromatic rings. The van der Waals surface area contributed by atoms with Crippen molar-refractivity contribution in [2.24, 2.45) is 5.92 Å². The Labute approximate surface area is 173 Å². The zero-order valence-electron chi connectivity index (χ0n) is 17.7. The molecule has 0 aliphatic rings. The number of rotatable bonds is 9. The molecule has 29 heavy (non-hydrogen) atoms. The summed E-state index contributed by atoms with van der Waals surface area (Å²) in [6.07, 6.45) is 1.89. The Morgan fingerprint density at radius 3 is 2.31 bits per heavy atom. The minimum Gasteiger partial charge on any atom is -0.497 e. The fourth-order valence-corrected chi connectivity index (χ4v) is 4.09. The summed E-state index contributed by atoms with van der Waals surface area (Å²) in [7, 11) is -0.770. The van der Waals surface area contributed by atoms with Gasteiger partial charge in [0, 0.05) is 18.7 Å². The van der Waals surface area contributed by atoms with Crippen molar-refractivity contribution in [3.8, 4) is 5.75 Å². The van der Waals surface area contributed by atoms with E-state index in [-0.39, 0.29) is 16.8 Å². The SMILES string of the molecule is COc1ccc(N(C)S(=O)(=O)c2cccc(C(=O)NC(C)CCC(C)C)c2)cc1. The molecule has 0 spiro atoms. The number of benzene rings is 2. The molecule has 1 unspecified atom stereocenters. The van der Waals surface area contributed by atoms with Crippen LogP contribution in [0.1, 0.15) is 44.0 Å². The highest BCUT2D eigenvalue weighted by molar-refractivity contribution is 7.92. The van der Waals surface area contributed by atoms with Crippen molar-refractivity contribution < 1.29 is 17.9 Å². The van der Waals surface area contributed by atoms with Gasteiger partial charge in [-0.2, -0.15) is 0 Å². The molecule has 0 saturated carbocycles. The molecule has 6 nitrogen and oxygen atoms in total. The monoisotopic (exact) mass is 418 g/mol. The van der Waals surface area contributed by atoms with Crippen molar-refractivity contribution in [1.82, 2.24) is 5.32 Å². The van der Waals surface area contributed by atoms with Crippen molar-refractivity contribution in [2.75, 3.05) is 18.5 Å². The maximum atomic E-state index is 13.0. The van der Waals surface area contributed by atoms with E-state index in [0.717, 1.165) is 12.8 Å². The maximum Gasteiger partial charge on any atom is 0.264 e. The molecule has 0 bridgehead atoms. The van der Waals surface area contributed by atoms with Gasteiger partial charge in [0.15, 0.2) is 0 Å². The number of carbonyl (C=O) groups excluding carboxylic acids is 1. The molecule has 1 N–H and O–H groups in total. The lowest BCUT2D eigenvalue weighted by molar-refractivity contribution is 0.0937. The average molecular weight is 419 g/mol. The summed E-state index contributed by atoms with van der Waals surface area (Å²) < 4.78 is 32.3. The molecule has 0 aromatic heterocycles. The number of anilines is 1. The number of sulfonamides is 1. The van der Waals surface area contributed by atoms with Crippen LogP contribution in [0.4, 0.5) is 5.69 Å². The normalized spacial score (nSPS) is 12.5. The Bertz CT molecular complexity index is 924. The lowest BCUT2D eigenvalue weighted by Crippen LogP contribution is -2.33. The van der Waals surface area contributed by atoms with Crippen molar-refractivity contribution in [3.05, 3.63) is 54.1 Å². The van der Waals surface area contributed by atoms with Crippen LogP contribution in [-0.4, -0.2) is 34.5 Å². The number of methoxy groups -OCH3 is 1. The summed E-state index contributed by atoms with van der Waals surface area (Å²) in [5.74, 6) is 0.937. The fourth-order valence-electron chi connectivity index (χ4n) is 2.85. The average Bonchev–Trinajstić information content (AvgIpc) is 2.71. The van der Waals surface area contributed by atoms with Gasteiger partial charge < -0.3 is 10.1 Å². The van der Waals surface area contributed by atoms with Gasteiger partial charge in [0.25, 0.3) is 15.9 Å². The van der Waals surface area contributed by atoms with Crippen LogP contribution in [-0.2, 0) is 10.0 Å². The van der Waals surface area contributed by atoms with Gasteiger partial charge in [0.1, 0.15) is 5.75 Å². The van der Waals surface area contributed by atoms with Crippen LogP contribution < -0.4 is 14.4 Å². The smallest absolute Gasteiger partial charge is 0.264 e. The van der Waals surface area contributed by atoms with E-state index in [1.807, 2.05) is 6.92 Å². The van der Waals surface area contributed by atoms with Crippen LogP contribution in [0.25, 0.3) is 0 Å². The highest BCUT2D eigenvalue weighted by Gasteiger charge is 2.23. The van der Waals surface area contributed by atoms with E-state index >= 15 is 0 Å². The molecule has 0 aliphatic carbocycles.